The molecule has 0 amide bonds. The van der Waals surface area contributed by atoms with Crippen LogP contribution in [0, 0.1) is 20.8 Å². The van der Waals surface area contributed by atoms with E-state index in [0.29, 0.717) is 0 Å². The lowest BCUT2D eigenvalue weighted by Gasteiger charge is -2.10. The normalized spacial score (nSPS) is 11.0. The number of nitrogens with zero attached hydrogens (tertiary/aromatic N) is 2. The average molecular weight is 345 g/mol. The molecule has 0 saturated heterocycles. The molecule has 124 valence electrons. The third-order valence-corrected chi connectivity index (χ3v) is 5.22. The van der Waals surface area contributed by atoms with Crippen LogP contribution in [-0.2, 0) is 0 Å². The van der Waals surface area contributed by atoms with Crippen LogP contribution in [-0.4, -0.2) is 9.97 Å². The molecule has 0 aliphatic heterocycles. The average Bonchev–Trinajstić information content (AvgIpc) is 2.91. The topological polar surface area (TPSA) is 37.8 Å². The molecule has 0 atom stereocenters. The quantitative estimate of drug-likeness (QED) is 0.493. The summed E-state index contributed by atoms with van der Waals surface area (Å²) >= 11 is 1.71. The zero-order valence-electron chi connectivity index (χ0n) is 14.5. The number of aromatic nitrogens is 2. The maximum atomic E-state index is 4.55. The summed E-state index contributed by atoms with van der Waals surface area (Å²) in [4.78, 5) is 11.3. The van der Waals surface area contributed by atoms with Gasteiger partial charge in [-0.1, -0.05) is 36.4 Å². The zero-order chi connectivity index (χ0) is 17.4. The van der Waals surface area contributed by atoms with Gasteiger partial charge in [-0.05, 0) is 49.6 Å². The summed E-state index contributed by atoms with van der Waals surface area (Å²) in [6, 6.07) is 16.9. The Morgan fingerprint density at radius 1 is 0.880 bits per heavy atom. The van der Waals surface area contributed by atoms with E-state index < -0.39 is 0 Å². The molecule has 0 spiro atoms. The van der Waals surface area contributed by atoms with Crippen molar-refractivity contribution in [3.8, 4) is 11.1 Å². The molecule has 4 heteroatoms. The zero-order valence-corrected chi connectivity index (χ0v) is 15.3. The number of fused-ring (bicyclic) bond motifs is 1. The fourth-order valence-electron chi connectivity index (χ4n) is 3.27. The van der Waals surface area contributed by atoms with Gasteiger partial charge in [-0.2, -0.15) is 0 Å². The molecule has 0 radical (unpaired) electrons. The van der Waals surface area contributed by atoms with E-state index in [9.17, 15) is 0 Å². The first kappa shape index (κ1) is 15.8. The highest BCUT2D eigenvalue weighted by Crippen LogP contribution is 2.40. The number of hydrogen-bond donors (Lipinski definition) is 1. The number of benzene rings is 2. The highest BCUT2D eigenvalue weighted by Gasteiger charge is 2.16. The van der Waals surface area contributed by atoms with Crippen molar-refractivity contribution in [2.75, 3.05) is 5.32 Å². The van der Waals surface area contributed by atoms with Crippen molar-refractivity contribution in [3.63, 3.8) is 0 Å². The van der Waals surface area contributed by atoms with Crippen LogP contribution in [0.15, 0.2) is 54.9 Å². The van der Waals surface area contributed by atoms with Gasteiger partial charge in [-0.15, -0.1) is 11.3 Å². The van der Waals surface area contributed by atoms with Gasteiger partial charge in [0.2, 0.25) is 0 Å². The number of anilines is 2. The first-order valence-electron chi connectivity index (χ1n) is 8.26. The predicted molar refractivity (Wildman–Crippen MR) is 107 cm³/mol. The lowest BCUT2D eigenvalue weighted by atomic mass is 10.0. The van der Waals surface area contributed by atoms with E-state index in [1.165, 1.54) is 27.1 Å². The smallest absolute Gasteiger partial charge is 0.143 e. The van der Waals surface area contributed by atoms with E-state index in [4.69, 9.17) is 0 Å². The molecule has 1 N–H and O–H groups in total. The Hall–Kier alpha value is -2.72. The molecule has 0 bridgehead atoms. The molecule has 4 rings (SSSR count). The van der Waals surface area contributed by atoms with Gasteiger partial charge in [-0.25, -0.2) is 9.97 Å². The van der Waals surface area contributed by atoms with Crippen LogP contribution in [0.2, 0.25) is 0 Å². The number of aryl methyl sites for hydroxylation is 3. The second-order valence-corrected chi connectivity index (χ2v) is 7.51. The van der Waals surface area contributed by atoms with Gasteiger partial charge in [0.25, 0.3) is 0 Å². The van der Waals surface area contributed by atoms with Crippen molar-refractivity contribution < 1.29 is 0 Å². The summed E-state index contributed by atoms with van der Waals surface area (Å²) in [7, 11) is 0. The second kappa shape index (κ2) is 6.30. The molecule has 0 fully saturated rings. The highest BCUT2D eigenvalue weighted by molar-refractivity contribution is 7.19. The van der Waals surface area contributed by atoms with Crippen molar-refractivity contribution in [2.45, 2.75) is 20.8 Å². The van der Waals surface area contributed by atoms with Crippen molar-refractivity contribution in [3.05, 3.63) is 70.9 Å². The number of rotatable bonds is 3. The van der Waals surface area contributed by atoms with E-state index in [1.807, 2.05) is 6.07 Å². The molecule has 3 nitrogen and oxygen atoms in total. The Labute approximate surface area is 151 Å². The molecule has 0 saturated carbocycles. The standard InChI is InChI=1S/C21H19N3S/c1-13-9-14(2)11-17(10-13)24-20-19-18(16-7-5-4-6-8-16)15(3)25-21(19)23-12-22-20/h4-12H,1-3H3,(H,22,23,24). The van der Waals surface area contributed by atoms with Gasteiger partial charge >= 0.3 is 0 Å². The van der Waals surface area contributed by atoms with Crippen molar-refractivity contribution in [1.29, 1.82) is 0 Å². The summed E-state index contributed by atoms with van der Waals surface area (Å²) in [6.45, 7) is 6.37. The lowest BCUT2D eigenvalue weighted by molar-refractivity contribution is 1.23. The Balaban J connectivity index is 1.90. The minimum Gasteiger partial charge on any atom is -0.340 e. The third-order valence-electron chi connectivity index (χ3n) is 4.21. The molecule has 4 aromatic rings. The van der Waals surface area contributed by atoms with Crippen LogP contribution >= 0.6 is 11.3 Å². The van der Waals surface area contributed by atoms with Crippen molar-refractivity contribution >= 4 is 33.1 Å². The van der Waals surface area contributed by atoms with Crippen LogP contribution in [0.4, 0.5) is 11.5 Å². The van der Waals surface area contributed by atoms with Crippen LogP contribution < -0.4 is 5.32 Å². The second-order valence-electron chi connectivity index (χ2n) is 6.30. The van der Waals surface area contributed by atoms with E-state index >= 15 is 0 Å². The van der Waals surface area contributed by atoms with Gasteiger partial charge in [0.1, 0.15) is 17.0 Å². The van der Waals surface area contributed by atoms with E-state index in [2.05, 4.69) is 78.5 Å². The van der Waals surface area contributed by atoms with Gasteiger partial charge in [0, 0.05) is 16.1 Å². The first-order chi connectivity index (χ1) is 12.1. The summed E-state index contributed by atoms with van der Waals surface area (Å²) < 4.78 is 0. The van der Waals surface area contributed by atoms with Crippen molar-refractivity contribution in [1.82, 2.24) is 9.97 Å². The lowest BCUT2D eigenvalue weighted by Crippen LogP contribution is -1.96. The van der Waals surface area contributed by atoms with E-state index in [-0.39, 0.29) is 0 Å². The van der Waals surface area contributed by atoms with Gasteiger partial charge < -0.3 is 5.32 Å². The first-order valence-corrected chi connectivity index (χ1v) is 9.08. The molecule has 25 heavy (non-hydrogen) atoms. The molecule has 2 heterocycles. The maximum Gasteiger partial charge on any atom is 0.143 e. The minimum atomic E-state index is 0.859. The number of thiophene rings is 1. The van der Waals surface area contributed by atoms with E-state index in [0.717, 1.165) is 21.7 Å². The molecular weight excluding hydrogens is 326 g/mol. The Morgan fingerprint density at radius 3 is 2.32 bits per heavy atom. The molecule has 0 unspecified atom stereocenters. The van der Waals surface area contributed by atoms with Gasteiger partial charge in [0.15, 0.2) is 0 Å². The van der Waals surface area contributed by atoms with E-state index in [1.54, 1.807) is 17.7 Å². The number of hydrogen-bond acceptors (Lipinski definition) is 4. The van der Waals surface area contributed by atoms with Crippen molar-refractivity contribution in [2.24, 2.45) is 0 Å². The molecule has 0 aliphatic rings. The van der Waals surface area contributed by atoms with Crippen LogP contribution in [0.25, 0.3) is 21.3 Å². The Morgan fingerprint density at radius 2 is 1.60 bits per heavy atom. The summed E-state index contributed by atoms with van der Waals surface area (Å²) in [5.41, 5.74) is 5.94. The summed E-state index contributed by atoms with van der Waals surface area (Å²) in [5, 5.41) is 4.60. The van der Waals surface area contributed by atoms with Crippen LogP contribution in [0.1, 0.15) is 16.0 Å². The predicted octanol–water partition coefficient (Wildman–Crippen LogP) is 6.03. The van der Waals surface area contributed by atoms with Gasteiger partial charge in [-0.3, -0.25) is 0 Å². The fourth-order valence-corrected chi connectivity index (χ4v) is 4.29. The summed E-state index contributed by atoms with van der Waals surface area (Å²) in [5.74, 6) is 0.859. The maximum absolute atomic E-state index is 4.55. The summed E-state index contributed by atoms with van der Waals surface area (Å²) in [6.07, 6.45) is 1.64. The van der Waals surface area contributed by atoms with Crippen LogP contribution in [0.5, 0.6) is 0 Å². The SMILES string of the molecule is Cc1cc(C)cc(Nc2ncnc3sc(C)c(-c4ccccc4)c23)c1. The number of nitrogens with one attached hydrogen (secondary N) is 1. The Bertz CT molecular complexity index is 1030. The fraction of sp³-hybridized carbons (Fsp3) is 0.143. The van der Waals surface area contributed by atoms with Gasteiger partial charge in [0.05, 0.1) is 5.39 Å². The Kier molecular flexibility index (Phi) is 3.98. The molecule has 2 aromatic heterocycles. The molecule has 0 aliphatic carbocycles. The minimum absolute atomic E-state index is 0.859. The third kappa shape index (κ3) is 3.01. The monoisotopic (exact) mass is 345 g/mol. The molecule has 2 aromatic carbocycles. The molecular formula is C21H19N3S. The largest absolute Gasteiger partial charge is 0.340 e. The van der Waals surface area contributed by atoms with Crippen LogP contribution in [0.3, 0.4) is 0 Å². The highest BCUT2D eigenvalue weighted by atomic mass is 32.1.